The molecule has 474 valence electrons. The largest absolute Gasteiger partial charge is 0.359 e. The van der Waals surface area contributed by atoms with Crippen LogP contribution in [0.3, 0.4) is 0 Å². The number of carbonyl (C=O) groups excluding carboxylic acids is 13. The number of unbranched alkanes of at least 4 members (excludes halogenated alkanes) is 12. The Balaban J connectivity index is 0. The quantitative estimate of drug-likeness (QED) is 0.0218. The molecule has 0 spiro atoms. The lowest BCUT2D eigenvalue weighted by Crippen LogP contribution is -2.34. The van der Waals surface area contributed by atoms with Crippen molar-refractivity contribution in [2.75, 3.05) is 63.8 Å². The molecule has 0 aromatic rings. The van der Waals surface area contributed by atoms with E-state index in [9.17, 15) is 62.3 Å². The summed E-state index contributed by atoms with van der Waals surface area (Å²) in [6, 6.07) is 0. The molecule has 0 bridgehead atoms. The van der Waals surface area contributed by atoms with E-state index in [4.69, 9.17) is 0 Å². The molecule has 3 N–H and O–H groups in total. The van der Waals surface area contributed by atoms with E-state index < -0.39 is 10.5 Å². The average molecular weight is 1240 g/mol. The number of hydrogen-bond acceptors (Lipinski definition) is 17. The van der Waals surface area contributed by atoms with E-state index in [0.717, 1.165) is 81.9 Å². The van der Waals surface area contributed by atoms with Gasteiger partial charge in [-0.3, -0.25) is 77.0 Å². The molecule has 2 atom stereocenters. The number of thiol groups is 2. The predicted octanol–water partition coefficient (Wildman–Crippen LogP) is 8.56. The zero-order valence-corrected chi connectivity index (χ0v) is 54.5. The van der Waals surface area contributed by atoms with Crippen LogP contribution in [0.1, 0.15) is 214 Å². The highest BCUT2D eigenvalue weighted by Crippen LogP contribution is 2.27. The minimum absolute atomic E-state index is 0.127. The minimum atomic E-state index is -0.407. The fourth-order valence-corrected chi connectivity index (χ4v) is 10.9. The van der Waals surface area contributed by atoms with E-state index >= 15 is 0 Å². The van der Waals surface area contributed by atoms with Gasteiger partial charge in [0, 0.05) is 148 Å². The van der Waals surface area contributed by atoms with E-state index in [1.165, 1.54) is 105 Å². The third-order valence-electron chi connectivity index (χ3n) is 13.2. The van der Waals surface area contributed by atoms with Crippen LogP contribution in [0.4, 0.5) is 0 Å². The highest BCUT2D eigenvalue weighted by Gasteiger charge is 2.39. The molecule has 83 heavy (non-hydrogen) atoms. The van der Waals surface area contributed by atoms with Gasteiger partial charge in [0.2, 0.25) is 41.4 Å². The molecule has 0 aromatic heterocycles. The van der Waals surface area contributed by atoms with Crippen molar-refractivity contribution in [2.24, 2.45) is 0 Å². The summed E-state index contributed by atoms with van der Waals surface area (Å²) in [5, 5.41) is 6.54. The van der Waals surface area contributed by atoms with E-state index in [1.807, 2.05) is 0 Å². The van der Waals surface area contributed by atoms with E-state index in [0.29, 0.717) is 73.1 Å². The standard InChI is InChI=1S/2C17H28N2O4S.2C9H18OS.C8H10N2O3/c2*1-3-4-5-6-7-13(20)9-11-24-14-12-16(22)19(17(14)23)10-8-15(21)18-2;2*1-2-3-4-5-6-9(10)7-8-11;1-9-6(11)4-5-10-7(12)2-3-8(10)13/h2*14H,3-12H2,1-2H3,(H,18,21);2*11H,2-8H2,1H3;2-3H,4-5H2,1H3,(H,9,11). The topological polar surface area (TPSA) is 268 Å². The highest BCUT2D eigenvalue weighted by molar-refractivity contribution is 8.00. The second-order valence-electron chi connectivity index (χ2n) is 20.2. The Morgan fingerprint density at radius 3 is 0.952 bits per heavy atom. The average Bonchev–Trinajstić information content (AvgIpc) is 4.26. The monoisotopic (exact) mass is 1240 g/mol. The Labute approximate surface area is 515 Å². The van der Waals surface area contributed by atoms with Crippen LogP contribution in [-0.4, -0.2) is 165 Å². The molecule has 3 aliphatic rings. The van der Waals surface area contributed by atoms with E-state index in [2.05, 4.69) is 68.9 Å². The Morgan fingerprint density at radius 2 is 0.687 bits per heavy atom. The Hall–Kier alpha value is -4.35. The van der Waals surface area contributed by atoms with Crippen LogP contribution < -0.4 is 16.0 Å². The second-order valence-corrected chi connectivity index (χ2v) is 23.7. The third kappa shape index (κ3) is 41.4. The molecule has 0 saturated carbocycles. The van der Waals surface area contributed by atoms with Crippen molar-refractivity contribution < 1.29 is 62.3 Å². The van der Waals surface area contributed by atoms with Gasteiger partial charge in [-0.2, -0.15) is 25.3 Å². The lowest BCUT2D eigenvalue weighted by atomic mass is 10.1. The number of imide groups is 3. The van der Waals surface area contributed by atoms with Crippen molar-refractivity contribution >= 4 is 125 Å². The summed E-state index contributed by atoms with van der Waals surface area (Å²) in [6.45, 7) is 9.03. The SMILES string of the molecule is CCCCCCC(=O)CCS.CCCCCCC(=O)CCS.CCCCCCC(=O)CCSC1CC(=O)N(CCC(=O)NC)C1=O.CCCCCCC(=O)CCSC1CC(=O)N(CCC(=O)NC)C1=O.CNC(=O)CCN1C(=O)C=CC1=O. The van der Waals surface area contributed by atoms with Gasteiger partial charge < -0.3 is 16.0 Å². The van der Waals surface area contributed by atoms with Crippen molar-refractivity contribution in [1.82, 2.24) is 30.7 Å². The molecular formula is C60H102N6O13S4. The number of carbonyl (C=O) groups is 13. The zero-order valence-electron chi connectivity index (χ0n) is 51.1. The van der Waals surface area contributed by atoms with E-state index in [1.54, 1.807) is 0 Å². The summed E-state index contributed by atoms with van der Waals surface area (Å²) < 4.78 is 0. The number of likely N-dealkylation sites (tertiary alicyclic amines) is 2. The maximum atomic E-state index is 12.2. The number of hydrogen-bond donors (Lipinski definition) is 5. The number of rotatable bonds is 41. The summed E-state index contributed by atoms with van der Waals surface area (Å²) >= 11 is 10.8. The van der Waals surface area contributed by atoms with Crippen LogP contribution in [0.25, 0.3) is 0 Å². The number of nitrogens with one attached hydrogen (secondary N) is 3. The fraction of sp³-hybridized carbons (Fsp3) is 0.750. The molecule has 0 aromatic carbocycles. The van der Waals surface area contributed by atoms with Gasteiger partial charge in [-0.15, -0.1) is 23.5 Å². The Morgan fingerprint density at radius 1 is 0.410 bits per heavy atom. The summed E-state index contributed by atoms with van der Waals surface area (Å²) in [5.74, 6) is 1.54. The van der Waals surface area contributed by atoms with E-state index in [-0.39, 0.29) is 116 Å². The summed E-state index contributed by atoms with van der Waals surface area (Å²) in [5.41, 5.74) is 0. The maximum Gasteiger partial charge on any atom is 0.253 e. The molecule has 2 saturated heterocycles. The van der Waals surface area contributed by atoms with Crippen molar-refractivity contribution in [3.05, 3.63) is 12.2 Å². The molecule has 19 nitrogen and oxygen atoms in total. The van der Waals surface area contributed by atoms with Crippen LogP contribution in [0.5, 0.6) is 0 Å². The van der Waals surface area contributed by atoms with Crippen molar-refractivity contribution in [3.8, 4) is 0 Å². The van der Waals surface area contributed by atoms with Gasteiger partial charge in [-0.1, -0.05) is 105 Å². The lowest BCUT2D eigenvalue weighted by molar-refractivity contribution is -0.140. The fourth-order valence-electron chi connectivity index (χ4n) is 8.08. The molecule has 3 heterocycles. The summed E-state index contributed by atoms with van der Waals surface area (Å²) in [6.07, 6.45) is 26.3. The maximum absolute atomic E-state index is 12.2. The highest BCUT2D eigenvalue weighted by atomic mass is 32.2. The second kappa shape index (κ2) is 53.1. The van der Waals surface area contributed by atoms with Crippen molar-refractivity contribution in [3.63, 3.8) is 0 Å². The minimum Gasteiger partial charge on any atom is -0.359 e. The smallest absolute Gasteiger partial charge is 0.253 e. The van der Waals surface area contributed by atoms with Crippen LogP contribution in [-0.2, 0) is 62.3 Å². The molecular weight excluding hydrogens is 1140 g/mol. The van der Waals surface area contributed by atoms with Crippen LogP contribution >= 0.6 is 48.8 Å². The molecule has 9 amide bonds. The van der Waals surface area contributed by atoms with Crippen molar-refractivity contribution in [1.29, 1.82) is 0 Å². The lowest BCUT2D eigenvalue weighted by Gasteiger charge is -2.14. The molecule has 0 radical (unpaired) electrons. The molecule has 3 rings (SSSR count). The first-order chi connectivity index (χ1) is 39.7. The molecule has 0 aliphatic carbocycles. The molecule has 2 unspecified atom stereocenters. The van der Waals surface area contributed by atoms with Crippen molar-refractivity contribution in [2.45, 2.75) is 224 Å². The van der Waals surface area contributed by atoms with Crippen LogP contribution in [0, 0.1) is 0 Å². The Kier molecular flexibility index (Phi) is 51.7. The summed E-state index contributed by atoms with van der Waals surface area (Å²) in [7, 11) is 4.55. The third-order valence-corrected chi connectivity index (χ3v) is 16.1. The zero-order chi connectivity index (χ0) is 62.8. The first-order valence-corrected chi connectivity index (χ1v) is 33.5. The number of Topliss-reactive ketones (excluding diaryl/α,β-unsaturated/α-hetero) is 4. The van der Waals surface area contributed by atoms with Gasteiger partial charge in [0.25, 0.3) is 11.8 Å². The van der Waals surface area contributed by atoms with Gasteiger partial charge in [-0.05, 0) is 37.2 Å². The Bertz CT molecular complexity index is 1900. The number of ketones is 4. The normalized spacial score (nSPS) is 15.1. The predicted molar refractivity (Wildman–Crippen MR) is 338 cm³/mol. The molecule has 23 heteroatoms. The summed E-state index contributed by atoms with van der Waals surface area (Å²) in [4.78, 5) is 152. The first-order valence-electron chi connectivity index (χ1n) is 30.1. The molecule has 3 aliphatic heterocycles. The first kappa shape index (κ1) is 80.7. The van der Waals surface area contributed by atoms with Crippen LogP contribution in [0.2, 0.25) is 0 Å². The van der Waals surface area contributed by atoms with Gasteiger partial charge in [0.1, 0.15) is 23.1 Å². The van der Waals surface area contributed by atoms with Gasteiger partial charge in [0.05, 0.1) is 10.5 Å². The molecule has 2 fully saturated rings. The number of amides is 9. The number of thioether (sulfide) groups is 2. The van der Waals surface area contributed by atoms with Gasteiger partial charge in [0.15, 0.2) is 0 Å². The van der Waals surface area contributed by atoms with Gasteiger partial charge >= 0.3 is 0 Å². The number of nitrogens with zero attached hydrogens (tertiary/aromatic N) is 3. The van der Waals surface area contributed by atoms with Crippen LogP contribution in [0.15, 0.2) is 12.2 Å². The van der Waals surface area contributed by atoms with Gasteiger partial charge in [-0.25, -0.2) is 0 Å².